The van der Waals surface area contributed by atoms with Gasteiger partial charge < -0.3 is 25.2 Å². The molecule has 1 unspecified atom stereocenters. The molecule has 14 heteroatoms. The second-order valence-corrected chi connectivity index (χ2v) is 12.9. The summed E-state index contributed by atoms with van der Waals surface area (Å²) in [5.41, 5.74) is 1.57. The van der Waals surface area contributed by atoms with Crippen LogP contribution in [-0.4, -0.2) is 71.6 Å². The van der Waals surface area contributed by atoms with Crippen molar-refractivity contribution in [2.24, 2.45) is 0 Å². The van der Waals surface area contributed by atoms with Crippen molar-refractivity contribution in [3.63, 3.8) is 0 Å². The fourth-order valence-electron chi connectivity index (χ4n) is 4.35. The summed E-state index contributed by atoms with van der Waals surface area (Å²) in [5.74, 6) is -0.367. The molecule has 0 aliphatic rings. The van der Waals surface area contributed by atoms with Gasteiger partial charge in [-0.25, -0.2) is 8.42 Å². The number of aliphatic hydroxyl groups excluding tert-OH is 1. The maximum absolute atomic E-state index is 12.8. The number of carbonyl (C=O) groups excluding carboxylic acids is 2. The Morgan fingerprint density at radius 3 is 2.16 bits per heavy atom. The van der Waals surface area contributed by atoms with Gasteiger partial charge in [0.25, 0.3) is 11.8 Å². The van der Waals surface area contributed by atoms with E-state index in [1.54, 1.807) is 25.3 Å². The van der Waals surface area contributed by atoms with E-state index in [1.165, 1.54) is 25.8 Å². The van der Waals surface area contributed by atoms with Gasteiger partial charge in [0.1, 0.15) is 11.9 Å². The maximum Gasteiger partial charge on any atom is 0.416 e. The predicted molar refractivity (Wildman–Crippen MR) is 184 cm³/mol. The number of allylic oxidation sites excluding steroid dienone is 2. The molecule has 0 radical (unpaired) electrons. The SMILES string of the molecule is C=CCc1cc(C(=O)NCC(O)C[C@@H](OC)C(=O)Nc2ccc(C(F)(F)F)cc2)cc(N(C)S(C)(=O)=O)c1.C=CCc1cccc(OC)c1. The van der Waals surface area contributed by atoms with Crippen LogP contribution < -0.4 is 19.7 Å². The zero-order chi connectivity index (χ0) is 36.8. The van der Waals surface area contributed by atoms with E-state index >= 15 is 0 Å². The Hall–Kier alpha value is -4.66. The number of hydrogen-bond donors (Lipinski definition) is 3. The lowest BCUT2D eigenvalue weighted by atomic mass is 10.1. The number of benzene rings is 3. The number of halogens is 3. The zero-order valence-corrected chi connectivity index (χ0v) is 28.6. The van der Waals surface area contributed by atoms with Crippen molar-refractivity contribution in [1.82, 2.24) is 5.32 Å². The van der Waals surface area contributed by atoms with Crippen LogP contribution in [0.1, 0.15) is 33.5 Å². The molecule has 0 saturated carbocycles. The molecule has 3 aromatic rings. The third-order valence-electron chi connectivity index (χ3n) is 7.04. The number of sulfonamides is 1. The Bertz CT molecular complexity index is 1680. The summed E-state index contributed by atoms with van der Waals surface area (Å²) in [6.07, 6.45) is -1.29. The molecule has 0 heterocycles. The summed E-state index contributed by atoms with van der Waals surface area (Å²) in [5, 5.41) is 15.3. The van der Waals surface area contributed by atoms with Gasteiger partial charge in [0.15, 0.2) is 0 Å². The first kappa shape index (κ1) is 40.5. The predicted octanol–water partition coefficient (Wildman–Crippen LogP) is 5.39. The maximum atomic E-state index is 12.8. The molecule has 266 valence electrons. The number of amides is 2. The van der Waals surface area contributed by atoms with Crippen molar-refractivity contribution in [3.05, 3.63) is 114 Å². The first-order valence-corrected chi connectivity index (χ1v) is 16.8. The van der Waals surface area contributed by atoms with Crippen LogP contribution in [0.15, 0.2) is 92.0 Å². The topological polar surface area (TPSA) is 134 Å². The van der Waals surface area contributed by atoms with E-state index in [0.717, 1.165) is 47.0 Å². The quantitative estimate of drug-likeness (QED) is 0.181. The molecule has 2 amide bonds. The van der Waals surface area contributed by atoms with Crippen LogP contribution in [0.2, 0.25) is 0 Å². The van der Waals surface area contributed by atoms with Crippen molar-refractivity contribution in [2.45, 2.75) is 37.6 Å². The van der Waals surface area contributed by atoms with E-state index in [2.05, 4.69) is 29.9 Å². The second-order valence-electron chi connectivity index (χ2n) is 10.8. The number of rotatable bonds is 15. The molecule has 0 fully saturated rings. The molecule has 3 N–H and O–H groups in total. The Morgan fingerprint density at radius 1 is 0.980 bits per heavy atom. The summed E-state index contributed by atoms with van der Waals surface area (Å²) >= 11 is 0. The Balaban J connectivity index is 0.000000639. The highest BCUT2D eigenvalue weighted by Crippen LogP contribution is 2.30. The summed E-state index contributed by atoms with van der Waals surface area (Å²) in [6.45, 7) is 7.06. The Labute approximate surface area is 285 Å². The molecule has 49 heavy (non-hydrogen) atoms. The van der Waals surface area contributed by atoms with Crippen LogP contribution in [0.4, 0.5) is 24.5 Å². The largest absolute Gasteiger partial charge is 0.497 e. The number of carbonyl (C=O) groups is 2. The summed E-state index contributed by atoms with van der Waals surface area (Å²) in [6, 6.07) is 16.4. The minimum absolute atomic E-state index is 0.113. The minimum atomic E-state index is -4.51. The Morgan fingerprint density at radius 2 is 1.61 bits per heavy atom. The number of ether oxygens (including phenoxy) is 2. The first-order valence-electron chi connectivity index (χ1n) is 14.9. The molecule has 0 bridgehead atoms. The molecule has 3 aromatic carbocycles. The van der Waals surface area contributed by atoms with Gasteiger partial charge in [0.05, 0.1) is 30.7 Å². The average Bonchev–Trinajstić information content (AvgIpc) is 3.05. The molecular formula is C35H42F3N3O7S. The fraction of sp³-hybridized carbons (Fsp3) is 0.314. The van der Waals surface area contributed by atoms with Gasteiger partial charge in [-0.2, -0.15) is 13.2 Å². The van der Waals surface area contributed by atoms with E-state index in [-0.39, 0.29) is 29.9 Å². The molecule has 0 spiro atoms. The summed E-state index contributed by atoms with van der Waals surface area (Å²) in [7, 11) is 0.681. The van der Waals surface area contributed by atoms with Crippen LogP contribution in [-0.2, 0) is 38.6 Å². The second kappa shape index (κ2) is 18.8. The van der Waals surface area contributed by atoms with Gasteiger partial charge >= 0.3 is 6.18 Å². The normalized spacial score (nSPS) is 12.4. The van der Waals surface area contributed by atoms with Crippen LogP contribution in [0.25, 0.3) is 0 Å². The van der Waals surface area contributed by atoms with Gasteiger partial charge in [-0.1, -0.05) is 24.3 Å². The third kappa shape index (κ3) is 13.4. The third-order valence-corrected chi connectivity index (χ3v) is 8.24. The van der Waals surface area contributed by atoms with Crippen LogP contribution in [0.3, 0.4) is 0 Å². The number of nitrogens with zero attached hydrogens (tertiary/aromatic N) is 1. The van der Waals surface area contributed by atoms with E-state index in [4.69, 9.17) is 9.47 Å². The van der Waals surface area contributed by atoms with Gasteiger partial charge in [0, 0.05) is 38.4 Å². The fourth-order valence-corrected chi connectivity index (χ4v) is 4.84. The van der Waals surface area contributed by atoms with Gasteiger partial charge in [-0.05, 0) is 78.6 Å². The van der Waals surface area contributed by atoms with Crippen molar-refractivity contribution in [1.29, 1.82) is 0 Å². The molecule has 2 atom stereocenters. The van der Waals surface area contributed by atoms with Crippen LogP contribution in [0.5, 0.6) is 5.75 Å². The zero-order valence-electron chi connectivity index (χ0n) is 27.8. The highest BCUT2D eigenvalue weighted by molar-refractivity contribution is 7.92. The highest BCUT2D eigenvalue weighted by Gasteiger charge is 2.30. The molecule has 0 aromatic heterocycles. The number of nitrogens with one attached hydrogen (secondary N) is 2. The van der Waals surface area contributed by atoms with Crippen molar-refractivity contribution < 1.29 is 45.8 Å². The monoisotopic (exact) mass is 705 g/mol. The van der Waals surface area contributed by atoms with E-state index in [0.29, 0.717) is 12.0 Å². The number of aliphatic hydroxyl groups is 1. The average molecular weight is 706 g/mol. The number of hydrogen-bond acceptors (Lipinski definition) is 7. The molecule has 3 rings (SSSR count). The summed E-state index contributed by atoms with van der Waals surface area (Å²) < 4.78 is 73.2. The first-order chi connectivity index (χ1) is 23.0. The highest BCUT2D eigenvalue weighted by atomic mass is 32.2. The van der Waals surface area contributed by atoms with E-state index in [9.17, 15) is 36.3 Å². The molecule has 0 saturated heterocycles. The molecule has 0 aliphatic carbocycles. The minimum Gasteiger partial charge on any atom is -0.497 e. The standard InChI is InChI=1S/C25H30F3N3O6S.C10H12O/c1-5-6-16-11-17(13-20(12-16)31(2)38(4,35)36)23(33)29-15-21(32)14-22(37-3)24(34)30-19-9-7-18(8-10-19)25(26,27)28;1-3-5-9-6-4-7-10(8-9)11-2/h5,7-13,21-22,32H,1,6,14-15H2,2-4H3,(H,29,33)(H,30,34);3-4,6-8H,1,5H2,2H3/t21?,22-;/m1./s1. The number of alkyl halides is 3. The van der Waals surface area contributed by atoms with Gasteiger partial charge in [-0.15, -0.1) is 13.2 Å². The smallest absolute Gasteiger partial charge is 0.416 e. The van der Waals surface area contributed by atoms with Gasteiger partial charge in [0.2, 0.25) is 10.0 Å². The lowest BCUT2D eigenvalue weighted by molar-refractivity contribution is -0.137. The number of anilines is 2. The lowest BCUT2D eigenvalue weighted by Crippen LogP contribution is -2.38. The van der Waals surface area contributed by atoms with Crippen molar-refractivity contribution in [2.75, 3.05) is 43.7 Å². The summed E-state index contributed by atoms with van der Waals surface area (Å²) in [4.78, 5) is 25.2. The van der Waals surface area contributed by atoms with Gasteiger partial charge in [-0.3, -0.25) is 13.9 Å². The number of methoxy groups -OCH3 is 2. The molecule has 10 nitrogen and oxygen atoms in total. The Kier molecular flexibility index (Phi) is 15.5. The molecule has 0 aliphatic heterocycles. The van der Waals surface area contributed by atoms with E-state index < -0.39 is 45.8 Å². The molecular weight excluding hydrogens is 663 g/mol. The van der Waals surface area contributed by atoms with E-state index in [1.807, 2.05) is 24.3 Å². The van der Waals surface area contributed by atoms with Crippen molar-refractivity contribution >= 4 is 33.2 Å². The van der Waals surface area contributed by atoms with Crippen LogP contribution in [0, 0.1) is 0 Å². The van der Waals surface area contributed by atoms with Crippen LogP contribution >= 0.6 is 0 Å². The van der Waals surface area contributed by atoms with Crippen molar-refractivity contribution in [3.8, 4) is 5.75 Å². The lowest BCUT2D eigenvalue weighted by Gasteiger charge is -2.20.